The number of amides is 1. The standard InChI is InChI=1S/C24H20N2O6S2/c1-11-9-14-10-13(6-7-15(14)32-11)19(27)17-18(16-5-4-8-33-16)26(22(29)20(17)28)24-25-12(2)21(34-24)23(30)31-3/h4-8,10-11,18,27H,9H2,1-3H3/b19-17+. The zero-order valence-electron chi connectivity index (χ0n) is 18.5. The van der Waals surface area contributed by atoms with Crippen LogP contribution in [0.1, 0.15) is 44.3 Å². The molecule has 5 rings (SSSR count). The van der Waals surface area contributed by atoms with Gasteiger partial charge in [-0.1, -0.05) is 17.4 Å². The van der Waals surface area contributed by atoms with E-state index in [1.165, 1.54) is 23.3 Å². The Morgan fingerprint density at radius 3 is 2.79 bits per heavy atom. The second-order valence-electron chi connectivity index (χ2n) is 8.04. The van der Waals surface area contributed by atoms with Gasteiger partial charge in [0, 0.05) is 16.9 Å². The first kappa shape index (κ1) is 22.3. The Hall–Kier alpha value is -3.50. The Morgan fingerprint density at radius 1 is 1.29 bits per heavy atom. The number of aliphatic hydroxyl groups excluding tert-OH is 1. The van der Waals surface area contributed by atoms with Gasteiger partial charge in [0.25, 0.3) is 5.78 Å². The number of aryl methyl sites for hydroxylation is 1. The maximum absolute atomic E-state index is 13.2. The number of rotatable bonds is 4. The van der Waals surface area contributed by atoms with E-state index in [1.54, 1.807) is 37.3 Å². The number of thiazole rings is 1. The minimum Gasteiger partial charge on any atom is -0.507 e. The summed E-state index contributed by atoms with van der Waals surface area (Å²) < 4.78 is 10.5. The number of esters is 1. The van der Waals surface area contributed by atoms with Crippen LogP contribution in [-0.2, 0) is 20.7 Å². The Bertz CT molecular complexity index is 1360. The van der Waals surface area contributed by atoms with Crippen LogP contribution in [0, 0.1) is 6.92 Å². The van der Waals surface area contributed by atoms with Crippen LogP contribution < -0.4 is 9.64 Å². The number of carbonyl (C=O) groups is 3. The van der Waals surface area contributed by atoms with Crippen LogP contribution in [0.3, 0.4) is 0 Å². The average Bonchev–Trinajstić information content (AvgIpc) is 3.59. The van der Waals surface area contributed by atoms with Gasteiger partial charge in [-0.2, -0.15) is 0 Å². The molecule has 1 amide bonds. The zero-order valence-corrected chi connectivity index (χ0v) is 20.2. The molecule has 2 aromatic heterocycles. The summed E-state index contributed by atoms with van der Waals surface area (Å²) in [7, 11) is 1.27. The molecule has 174 valence electrons. The van der Waals surface area contributed by atoms with E-state index in [9.17, 15) is 19.5 Å². The molecule has 1 saturated heterocycles. The normalized spacial score (nSPS) is 21.0. The number of anilines is 1. The van der Waals surface area contributed by atoms with Crippen molar-refractivity contribution in [1.29, 1.82) is 0 Å². The molecular formula is C24H20N2O6S2. The lowest BCUT2D eigenvalue weighted by Crippen LogP contribution is -2.29. The van der Waals surface area contributed by atoms with Gasteiger partial charge in [-0.05, 0) is 49.1 Å². The van der Waals surface area contributed by atoms with Crippen LogP contribution in [0.15, 0.2) is 41.3 Å². The van der Waals surface area contributed by atoms with Gasteiger partial charge in [-0.3, -0.25) is 14.5 Å². The molecule has 0 aliphatic carbocycles. The van der Waals surface area contributed by atoms with Gasteiger partial charge in [0.15, 0.2) is 5.13 Å². The summed E-state index contributed by atoms with van der Waals surface area (Å²) in [5.41, 5.74) is 1.73. The number of thiophene rings is 1. The highest BCUT2D eigenvalue weighted by atomic mass is 32.1. The van der Waals surface area contributed by atoms with Crippen LogP contribution in [0.25, 0.3) is 5.76 Å². The van der Waals surface area contributed by atoms with E-state index in [0.29, 0.717) is 22.6 Å². The van der Waals surface area contributed by atoms with E-state index >= 15 is 0 Å². The van der Waals surface area contributed by atoms with Crippen LogP contribution in [0.2, 0.25) is 0 Å². The molecule has 0 radical (unpaired) electrons. The fourth-order valence-electron chi connectivity index (χ4n) is 4.24. The summed E-state index contributed by atoms with van der Waals surface area (Å²) in [6.45, 7) is 3.59. The molecule has 0 spiro atoms. The molecule has 1 aromatic carbocycles. The van der Waals surface area contributed by atoms with Crippen molar-refractivity contribution >= 4 is 51.2 Å². The fourth-order valence-corrected chi connectivity index (χ4v) is 6.07. The third-order valence-electron chi connectivity index (χ3n) is 5.79. The number of methoxy groups -OCH3 is 1. The highest BCUT2D eigenvalue weighted by Gasteiger charge is 2.49. The Kier molecular flexibility index (Phi) is 5.49. The van der Waals surface area contributed by atoms with Gasteiger partial charge in [-0.15, -0.1) is 11.3 Å². The first-order chi connectivity index (χ1) is 16.3. The molecule has 10 heteroatoms. The molecular weight excluding hydrogens is 476 g/mol. The first-order valence-electron chi connectivity index (χ1n) is 10.5. The molecule has 3 aromatic rings. The lowest BCUT2D eigenvalue weighted by Gasteiger charge is -2.21. The number of hydrogen-bond donors (Lipinski definition) is 1. The lowest BCUT2D eigenvalue weighted by molar-refractivity contribution is -0.132. The predicted octanol–water partition coefficient (Wildman–Crippen LogP) is 4.25. The van der Waals surface area contributed by atoms with Crippen molar-refractivity contribution in [1.82, 2.24) is 4.98 Å². The number of ketones is 1. The third-order valence-corrected chi connectivity index (χ3v) is 7.85. The van der Waals surface area contributed by atoms with E-state index in [-0.39, 0.29) is 27.4 Å². The van der Waals surface area contributed by atoms with Gasteiger partial charge in [-0.25, -0.2) is 9.78 Å². The van der Waals surface area contributed by atoms with Gasteiger partial charge in [0.1, 0.15) is 28.5 Å². The minimum atomic E-state index is -0.875. The quantitative estimate of drug-likeness (QED) is 0.249. The number of Topliss-reactive ketones (excluding diaryl/α,β-unsaturated/α-hetero) is 1. The average molecular weight is 497 g/mol. The van der Waals surface area contributed by atoms with Gasteiger partial charge >= 0.3 is 11.9 Å². The van der Waals surface area contributed by atoms with Gasteiger partial charge < -0.3 is 14.6 Å². The maximum atomic E-state index is 13.2. The second kappa shape index (κ2) is 8.37. The third kappa shape index (κ3) is 3.50. The molecule has 34 heavy (non-hydrogen) atoms. The second-order valence-corrected chi connectivity index (χ2v) is 10.00. The molecule has 0 saturated carbocycles. The van der Waals surface area contributed by atoms with E-state index < -0.39 is 23.7 Å². The number of nitrogens with zero attached hydrogens (tertiary/aromatic N) is 2. The Morgan fingerprint density at radius 2 is 2.09 bits per heavy atom. The van der Waals surface area contributed by atoms with E-state index in [0.717, 1.165) is 22.6 Å². The molecule has 2 aliphatic heterocycles. The van der Waals surface area contributed by atoms with Crippen molar-refractivity contribution in [3.63, 3.8) is 0 Å². The number of benzene rings is 1. The van der Waals surface area contributed by atoms with Crippen molar-refractivity contribution < 1.29 is 29.0 Å². The SMILES string of the molecule is COC(=O)c1sc(N2C(=O)C(=O)/C(=C(/O)c3ccc4c(c3)CC(C)O4)C2c2cccs2)nc1C. The number of aromatic nitrogens is 1. The Labute approximate surface area is 203 Å². The molecule has 2 aliphatic rings. The largest absolute Gasteiger partial charge is 0.507 e. The summed E-state index contributed by atoms with van der Waals surface area (Å²) >= 11 is 2.33. The molecule has 8 nitrogen and oxygen atoms in total. The molecule has 0 bridgehead atoms. The summed E-state index contributed by atoms with van der Waals surface area (Å²) in [6.07, 6.45) is 0.717. The Balaban J connectivity index is 1.65. The van der Waals surface area contributed by atoms with Crippen LogP contribution in [0.4, 0.5) is 5.13 Å². The highest BCUT2D eigenvalue weighted by Crippen LogP contribution is 2.45. The summed E-state index contributed by atoms with van der Waals surface area (Å²) in [4.78, 5) is 45.1. The minimum absolute atomic E-state index is 0.0214. The lowest BCUT2D eigenvalue weighted by atomic mass is 9.98. The van der Waals surface area contributed by atoms with Crippen molar-refractivity contribution in [3.8, 4) is 5.75 Å². The molecule has 4 heterocycles. The number of hydrogen-bond acceptors (Lipinski definition) is 9. The monoisotopic (exact) mass is 496 g/mol. The van der Waals surface area contributed by atoms with Crippen molar-refractivity contribution in [2.75, 3.05) is 12.0 Å². The smallest absolute Gasteiger partial charge is 0.350 e. The summed E-state index contributed by atoms with van der Waals surface area (Å²) in [6, 6.07) is 7.95. The number of ether oxygens (including phenoxy) is 2. The first-order valence-corrected chi connectivity index (χ1v) is 12.2. The number of carbonyl (C=O) groups excluding carboxylic acids is 3. The molecule has 2 unspecified atom stereocenters. The predicted molar refractivity (Wildman–Crippen MR) is 128 cm³/mol. The maximum Gasteiger partial charge on any atom is 0.350 e. The van der Waals surface area contributed by atoms with E-state index in [2.05, 4.69) is 4.98 Å². The van der Waals surface area contributed by atoms with E-state index in [4.69, 9.17) is 9.47 Å². The van der Waals surface area contributed by atoms with Crippen molar-refractivity contribution in [2.45, 2.75) is 32.4 Å². The highest BCUT2D eigenvalue weighted by molar-refractivity contribution is 7.18. The van der Waals surface area contributed by atoms with Crippen molar-refractivity contribution in [3.05, 3.63) is 67.9 Å². The van der Waals surface area contributed by atoms with Gasteiger partial charge in [0.2, 0.25) is 0 Å². The number of aliphatic hydroxyl groups is 1. The molecule has 1 N–H and O–H groups in total. The van der Waals surface area contributed by atoms with E-state index in [1.807, 2.05) is 12.3 Å². The fraction of sp³-hybridized carbons (Fsp3) is 0.250. The summed E-state index contributed by atoms with van der Waals surface area (Å²) in [5, 5.41) is 13.3. The number of fused-ring (bicyclic) bond motifs is 1. The van der Waals surface area contributed by atoms with Crippen molar-refractivity contribution in [2.24, 2.45) is 0 Å². The van der Waals surface area contributed by atoms with Crippen LogP contribution in [0.5, 0.6) is 5.75 Å². The molecule has 2 atom stereocenters. The molecule has 1 fully saturated rings. The topological polar surface area (TPSA) is 106 Å². The van der Waals surface area contributed by atoms with Crippen LogP contribution >= 0.6 is 22.7 Å². The van der Waals surface area contributed by atoms with Crippen LogP contribution in [-0.4, -0.2) is 41.0 Å². The van der Waals surface area contributed by atoms with Gasteiger partial charge in [0.05, 0.1) is 18.4 Å². The summed E-state index contributed by atoms with van der Waals surface area (Å²) in [5.74, 6) is -1.72. The zero-order chi connectivity index (χ0) is 24.1.